The van der Waals surface area contributed by atoms with Gasteiger partial charge in [-0.05, 0) is 43.1 Å². The van der Waals surface area contributed by atoms with Crippen LogP contribution in [-0.2, 0) is 6.54 Å². The molecule has 2 aliphatic carbocycles. The number of nitrogens with zero attached hydrogens (tertiary/aromatic N) is 1. The van der Waals surface area contributed by atoms with Crippen LogP contribution in [0.1, 0.15) is 46.0 Å². The van der Waals surface area contributed by atoms with Crippen LogP contribution in [0.2, 0.25) is 0 Å². The summed E-state index contributed by atoms with van der Waals surface area (Å²) in [5.41, 5.74) is 0.482. The third-order valence-corrected chi connectivity index (χ3v) is 6.05. The highest BCUT2D eigenvalue weighted by molar-refractivity contribution is 5.99. The average molecular weight is 405 g/mol. The van der Waals surface area contributed by atoms with Crippen LogP contribution in [-0.4, -0.2) is 29.5 Å². The molecule has 1 saturated carbocycles. The molecule has 2 bridgehead atoms. The summed E-state index contributed by atoms with van der Waals surface area (Å²) in [6.07, 6.45) is 9.83. The largest absolute Gasteiger partial charge is 0.352 e. The van der Waals surface area contributed by atoms with E-state index in [-0.39, 0.29) is 11.1 Å². The van der Waals surface area contributed by atoms with Crippen molar-refractivity contribution in [3.8, 4) is 0 Å². The summed E-state index contributed by atoms with van der Waals surface area (Å²) in [6, 6.07) is 9.72. The normalized spacial score (nSPS) is 21.6. The van der Waals surface area contributed by atoms with Crippen LogP contribution in [0.15, 0.2) is 59.7 Å². The van der Waals surface area contributed by atoms with Gasteiger partial charge in [-0.25, -0.2) is 0 Å². The van der Waals surface area contributed by atoms with Crippen molar-refractivity contribution in [2.75, 3.05) is 13.1 Å². The Kier molecular flexibility index (Phi) is 5.84. The highest BCUT2D eigenvalue weighted by Gasteiger charge is 2.35. The first-order valence-corrected chi connectivity index (χ1v) is 10.6. The molecule has 0 radical (unpaired) electrons. The topological polar surface area (TPSA) is 80.2 Å². The number of amides is 2. The average Bonchev–Trinajstić information content (AvgIpc) is 3.37. The molecule has 156 valence electrons. The molecule has 0 unspecified atom stereocenters. The van der Waals surface area contributed by atoms with Gasteiger partial charge >= 0.3 is 0 Å². The van der Waals surface area contributed by atoms with Gasteiger partial charge in [0.05, 0.1) is 0 Å². The quantitative estimate of drug-likeness (QED) is 0.695. The van der Waals surface area contributed by atoms with E-state index < -0.39 is 17.2 Å². The van der Waals surface area contributed by atoms with Gasteiger partial charge in [0.15, 0.2) is 0 Å². The molecular weight excluding hydrogens is 378 g/mol. The van der Waals surface area contributed by atoms with Crippen LogP contribution in [0, 0.1) is 17.8 Å². The van der Waals surface area contributed by atoms with Crippen molar-refractivity contribution in [1.29, 1.82) is 0 Å². The van der Waals surface area contributed by atoms with E-state index in [1.807, 2.05) is 30.3 Å². The molecule has 1 aromatic heterocycles. The molecule has 2 N–H and O–H groups in total. The number of fused-ring (bicyclic) bond motifs is 2. The summed E-state index contributed by atoms with van der Waals surface area (Å²) in [4.78, 5) is 38.2. The molecule has 6 heteroatoms. The lowest BCUT2D eigenvalue weighted by molar-refractivity contribution is 0.0943. The summed E-state index contributed by atoms with van der Waals surface area (Å²) in [5.74, 6) is 0.687. The van der Waals surface area contributed by atoms with Crippen LogP contribution in [0.4, 0.5) is 0 Å². The van der Waals surface area contributed by atoms with Crippen molar-refractivity contribution in [2.45, 2.75) is 26.3 Å². The van der Waals surface area contributed by atoms with E-state index in [0.717, 1.165) is 18.4 Å². The van der Waals surface area contributed by atoms with Gasteiger partial charge in [-0.3, -0.25) is 14.4 Å². The van der Waals surface area contributed by atoms with Crippen LogP contribution in [0.25, 0.3) is 0 Å². The van der Waals surface area contributed by atoms with E-state index in [4.69, 9.17) is 0 Å². The van der Waals surface area contributed by atoms with Crippen LogP contribution in [0.3, 0.4) is 0 Å². The predicted molar refractivity (Wildman–Crippen MR) is 115 cm³/mol. The van der Waals surface area contributed by atoms with Gasteiger partial charge < -0.3 is 15.2 Å². The Balaban J connectivity index is 1.58. The molecule has 0 aliphatic heterocycles. The molecular formula is C24H27N3O3. The number of carbonyl (C=O) groups excluding carboxylic acids is 2. The SMILES string of the molecule is CCNC(=O)c1cn(Cc2ccccc2)cc(C(=O)NC[C@@H]2C[C@H]3C=C[C@@H]2C3)c1=O. The Morgan fingerprint density at radius 1 is 1.00 bits per heavy atom. The first-order valence-electron chi connectivity index (χ1n) is 10.6. The van der Waals surface area contributed by atoms with Gasteiger partial charge in [0, 0.05) is 32.0 Å². The molecule has 1 heterocycles. The van der Waals surface area contributed by atoms with E-state index in [2.05, 4.69) is 22.8 Å². The van der Waals surface area contributed by atoms with E-state index in [9.17, 15) is 14.4 Å². The molecule has 3 atom stereocenters. The monoisotopic (exact) mass is 405 g/mol. The van der Waals surface area contributed by atoms with Gasteiger partial charge in [0.1, 0.15) is 11.1 Å². The van der Waals surface area contributed by atoms with Crippen molar-refractivity contribution in [3.63, 3.8) is 0 Å². The van der Waals surface area contributed by atoms with Crippen molar-refractivity contribution >= 4 is 11.8 Å². The molecule has 0 saturated heterocycles. The minimum Gasteiger partial charge on any atom is -0.352 e. The van der Waals surface area contributed by atoms with E-state index in [0.29, 0.717) is 37.4 Å². The number of pyridine rings is 1. The second-order valence-corrected chi connectivity index (χ2v) is 8.18. The number of hydrogen-bond acceptors (Lipinski definition) is 3. The number of allylic oxidation sites excluding steroid dienone is 2. The van der Waals surface area contributed by atoms with Crippen molar-refractivity contribution in [2.24, 2.45) is 17.8 Å². The molecule has 30 heavy (non-hydrogen) atoms. The fourth-order valence-electron chi connectivity index (χ4n) is 4.54. The molecule has 1 aromatic carbocycles. The maximum absolute atomic E-state index is 12.9. The highest BCUT2D eigenvalue weighted by Crippen LogP contribution is 2.42. The molecule has 2 amide bonds. The van der Waals surface area contributed by atoms with E-state index in [1.165, 1.54) is 6.20 Å². The fraction of sp³-hybridized carbons (Fsp3) is 0.375. The second kappa shape index (κ2) is 8.69. The van der Waals surface area contributed by atoms with Crippen molar-refractivity contribution in [3.05, 3.63) is 81.8 Å². The Morgan fingerprint density at radius 2 is 1.70 bits per heavy atom. The lowest BCUT2D eigenvalue weighted by Gasteiger charge is -2.19. The smallest absolute Gasteiger partial charge is 0.256 e. The molecule has 0 spiro atoms. The second-order valence-electron chi connectivity index (χ2n) is 8.18. The van der Waals surface area contributed by atoms with Gasteiger partial charge in [-0.2, -0.15) is 0 Å². The predicted octanol–water partition coefficient (Wildman–Crippen LogP) is 2.59. The number of nitrogens with one attached hydrogen (secondary N) is 2. The first kappa shape index (κ1) is 20.1. The summed E-state index contributed by atoms with van der Waals surface area (Å²) in [7, 11) is 0. The maximum atomic E-state index is 12.9. The molecule has 2 aliphatic rings. The van der Waals surface area contributed by atoms with Gasteiger partial charge in [0.2, 0.25) is 5.43 Å². The summed E-state index contributed by atoms with van der Waals surface area (Å²) in [5, 5.41) is 5.60. The fourth-order valence-corrected chi connectivity index (χ4v) is 4.54. The van der Waals surface area contributed by atoms with Crippen LogP contribution in [0.5, 0.6) is 0 Å². The number of carbonyl (C=O) groups is 2. The minimum atomic E-state index is -0.532. The Hall–Kier alpha value is -3.15. The Labute approximate surface area is 176 Å². The molecule has 1 fully saturated rings. The summed E-state index contributed by atoms with van der Waals surface area (Å²) >= 11 is 0. The Morgan fingerprint density at radius 3 is 2.30 bits per heavy atom. The summed E-state index contributed by atoms with van der Waals surface area (Å²) < 4.78 is 1.73. The third-order valence-electron chi connectivity index (χ3n) is 6.05. The lowest BCUT2D eigenvalue weighted by Crippen LogP contribution is -2.37. The minimum absolute atomic E-state index is 0.00776. The van der Waals surface area contributed by atoms with Crippen molar-refractivity contribution in [1.82, 2.24) is 15.2 Å². The molecule has 2 aromatic rings. The van der Waals surface area contributed by atoms with Gasteiger partial charge in [-0.15, -0.1) is 0 Å². The zero-order valence-electron chi connectivity index (χ0n) is 17.1. The highest BCUT2D eigenvalue weighted by atomic mass is 16.2. The molecule has 4 rings (SSSR count). The molecule has 6 nitrogen and oxygen atoms in total. The zero-order valence-corrected chi connectivity index (χ0v) is 17.1. The third kappa shape index (κ3) is 4.22. The first-order chi connectivity index (χ1) is 14.5. The number of rotatable bonds is 7. The number of hydrogen-bond donors (Lipinski definition) is 2. The lowest BCUT2D eigenvalue weighted by atomic mass is 9.93. The van der Waals surface area contributed by atoms with Gasteiger partial charge in [0.25, 0.3) is 11.8 Å². The van der Waals surface area contributed by atoms with E-state index in [1.54, 1.807) is 17.7 Å². The standard InChI is InChI=1S/C24H27N3O3/c1-2-25-23(29)20-14-27(13-16-6-4-3-5-7-16)15-21(22(20)28)24(30)26-12-19-11-17-8-9-18(19)10-17/h3-9,14-15,17-19H,2,10-13H2,1H3,(H,25,29)(H,26,30)/t17-,18+,19-/m0/s1. The number of aromatic nitrogens is 1. The number of benzene rings is 1. The Bertz CT molecular complexity index is 1030. The van der Waals surface area contributed by atoms with Crippen LogP contribution < -0.4 is 16.1 Å². The van der Waals surface area contributed by atoms with E-state index >= 15 is 0 Å². The maximum Gasteiger partial charge on any atom is 0.256 e. The van der Waals surface area contributed by atoms with Gasteiger partial charge in [-0.1, -0.05) is 42.5 Å². The van der Waals surface area contributed by atoms with Crippen LogP contribution >= 0.6 is 0 Å². The van der Waals surface area contributed by atoms with Crippen molar-refractivity contribution < 1.29 is 9.59 Å². The zero-order chi connectivity index (χ0) is 21.1. The summed E-state index contributed by atoms with van der Waals surface area (Å²) in [6.45, 7) is 3.21.